The molecular formula is C45H49NO5. The molecule has 6 aromatic rings. The molecule has 6 heteroatoms. The molecule has 51 heavy (non-hydrogen) atoms. The van der Waals surface area contributed by atoms with Gasteiger partial charge in [-0.1, -0.05) is 146 Å². The zero-order chi connectivity index (χ0) is 35.1. The smallest absolute Gasteiger partial charge is 0.115 e. The molecule has 264 valence electrons. The summed E-state index contributed by atoms with van der Waals surface area (Å²) in [6.07, 6.45) is -0.533. The first-order chi connectivity index (χ1) is 25.2. The van der Waals surface area contributed by atoms with E-state index >= 15 is 0 Å². The van der Waals surface area contributed by atoms with Crippen molar-refractivity contribution in [3.05, 3.63) is 180 Å². The van der Waals surface area contributed by atoms with Crippen LogP contribution < -0.4 is 0 Å². The van der Waals surface area contributed by atoms with Gasteiger partial charge in [-0.3, -0.25) is 0 Å². The highest BCUT2D eigenvalue weighted by Gasteiger charge is 2.46. The molecule has 1 N–H and O–H groups in total. The summed E-state index contributed by atoms with van der Waals surface area (Å²) in [7, 11) is 0. The van der Waals surface area contributed by atoms with E-state index in [4.69, 9.17) is 23.7 Å². The maximum atomic E-state index is 6.65. The lowest BCUT2D eigenvalue weighted by molar-refractivity contribution is -0.269. The van der Waals surface area contributed by atoms with Gasteiger partial charge >= 0.3 is 0 Å². The topological polar surface area (TPSA) is 61.9 Å². The zero-order valence-corrected chi connectivity index (χ0v) is 29.6. The Balaban J connectivity index is 0.000000344. The summed E-state index contributed by atoms with van der Waals surface area (Å²) in [6.45, 7) is 6.45. The second-order valence-corrected chi connectivity index (χ2v) is 12.9. The molecule has 0 radical (unpaired) electrons. The maximum Gasteiger partial charge on any atom is 0.115 e. The van der Waals surface area contributed by atoms with Gasteiger partial charge in [0.25, 0.3) is 0 Å². The predicted octanol–water partition coefficient (Wildman–Crippen LogP) is 9.48. The van der Waals surface area contributed by atoms with E-state index in [9.17, 15) is 0 Å². The molecule has 7 rings (SSSR count). The van der Waals surface area contributed by atoms with Crippen molar-refractivity contribution >= 4 is 10.9 Å². The summed E-state index contributed by atoms with van der Waals surface area (Å²) >= 11 is 0. The van der Waals surface area contributed by atoms with E-state index in [1.54, 1.807) is 0 Å². The third-order valence-corrected chi connectivity index (χ3v) is 9.08. The Labute approximate surface area is 302 Å². The fraction of sp³-hybridized carbons (Fsp3) is 0.289. The van der Waals surface area contributed by atoms with Crippen LogP contribution >= 0.6 is 0 Å². The SMILES string of the molecule is CCc1cc2ccccc2[nH]1.C[C@@H]1O[C@H](COCc2ccccc2)[C@@H](OCc2ccccc2)[C@H](OCc2ccccc2)[C@H]1OCc1ccccc1. The second-order valence-electron chi connectivity index (χ2n) is 12.9. The Bertz CT molecular complexity index is 1800. The van der Waals surface area contributed by atoms with Crippen molar-refractivity contribution in [1.29, 1.82) is 0 Å². The number of H-pyrrole nitrogens is 1. The number of aromatic nitrogens is 1. The van der Waals surface area contributed by atoms with Crippen molar-refractivity contribution in [3.8, 4) is 0 Å². The highest BCUT2D eigenvalue weighted by atomic mass is 16.6. The molecule has 1 aromatic heterocycles. The number of hydrogen-bond acceptors (Lipinski definition) is 5. The summed E-state index contributed by atoms with van der Waals surface area (Å²) < 4.78 is 32.5. The number of rotatable bonds is 14. The minimum absolute atomic E-state index is 0.216. The molecule has 0 unspecified atom stereocenters. The van der Waals surface area contributed by atoms with Gasteiger partial charge in [0.15, 0.2) is 0 Å². The lowest BCUT2D eigenvalue weighted by Gasteiger charge is -2.45. The molecule has 1 aliphatic rings. The highest BCUT2D eigenvalue weighted by molar-refractivity contribution is 5.80. The van der Waals surface area contributed by atoms with Gasteiger partial charge in [-0.05, 0) is 53.1 Å². The number of fused-ring (bicyclic) bond motifs is 1. The molecule has 6 nitrogen and oxygen atoms in total. The Hall–Kier alpha value is -4.56. The van der Waals surface area contributed by atoms with E-state index in [-0.39, 0.29) is 24.4 Å². The number of ether oxygens (including phenoxy) is 5. The van der Waals surface area contributed by atoms with Crippen LogP contribution in [0.1, 0.15) is 41.8 Å². The number of aromatic amines is 1. The Morgan fingerprint density at radius 1 is 0.529 bits per heavy atom. The van der Waals surface area contributed by atoms with E-state index in [0.717, 1.165) is 28.7 Å². The molecule has 0 saturated carbocycles. The van der Waals surface area contributed by atoms with Crippen LogP contribution in [0.4, 0.5) is 0 Å². The fourth-order valence-electron chi connectivity index (χ4n) is 6.34. The minimum atomic E-state index is -0.392. The second kappa shape index (κ2) is 19.2. The lowest BCUT2D eigenvalue weighted by Crippen LogP contribution is -2.60. The van der Waals surface area contributed by atoms with Crippen molar-refractivity contribution in [2.24, 2.45) is 0 Å². The van der Waals surface area contributed by atoms with E-state index in [2.05, 4.69) is 90.8 Å². The first-order valence-corrected chi connectivity index (χ1v) is 18.0. The van der Waals surface area contributed by atoms with Gasteiger partial charge in [0, 0.05) is 11.2 Å². The predicted molar refractivity (Wildman–Crippen MR) is 203 cm³/mol. The largest absolute Gasteiger partial charge is 0.374 e. The average molecular weight is 684 g/mol. The van der Waals surface area contributed by atoms with E-state index in [1.807, 2.05) is 79.7 Å². The highest BCUT2D eigenvalue weighted by Crippen LogP contribution is 2.31. The van der Waals surface area contributed by atoms with Gasteiger partial charge in [-0.2, -0.15) is 0 Å². The quantitative estimate of drug-likeness (QED) is 0.124. The van der Waals surface area contributed by atoms with Crippen molar-refractivity contribution in [1.82, 2.24) is 4.98 Å². The van der Waals surface area contributed by atoms with Gasteiger partial charge in [0.05, 0.1) is 39.1 Å². The van der Waals surface area contributed by atoms with Crippen molar-refractivity contribution in [3.63, 3.8) is 0 Å². The van der Waals surface area contributed by atoms with Crippen LogP contribution in [0.2, 0.25) is 0 Å². The normalized spacial score (nSPS) is 20.1. The Morgan fingerprint density at radius 3 is 1.49 bits per heavy atom. The van der Waals surface area contributed by atoms with Gasteiger partial charge in [0.2, 0.25) is 0 Å². The molecule has 0 spiro atoms. The molecule has 0 bridgehead atoms. The molecular weight excluding hydrogens is 634 g/mol. The summed E-state index contributed by atoms with van der Waals surface area (Å²) in [4.78, 5) is 3.35. The van der Waals surface area contributed by atoms with Gasteiger partial charge in [-0.25, -0.2) is 0 Å². The molecule has 0 aliphatic carbocycles. The minimum Gasteiger partial charge on any atom is -0.374 e. The Kier molecular flexibility index (Phi) is 13.6. The third-order valence-electron chi connectivity index (χ3n) is 9.08. The van der Waals surface area contributed by atoms with Crippen LogP contribution in [0.15, 0.2) is 152 Å². The first-order valence-electron chi connectivity index (χ1n) is 18.0. The zero-order valence-electron chi connectivity index (χ0n) is 29.6. The van der Waals surface area contributed by atoms with E-state index in [0.29, 0.717) is 33.0 Å². The van der Waals surface area contributed by atoms with Crippen LogP contribution in [-0.2, 0) is 56.5 Å². The summed E-state index contributed by atoms with van der Waals surface area (Å²) in [5.74, 6) is 0. The van der Waals surface area contributed by atoms with Crippen molar-refractivity contribution in [2.75, 3.05) is 6.61 Å². The number of aryl methyl sites for hydroxylation is 1. The van der Waals surface area contributed by atoms with E-state index < -0.39 is 6.10 Å². The lowest BCUT2D eigenvalue weighted by atomic mass is 9.94. The van der Waals surface area contributed by atoms with Crippen molar-refractivity contribution < 1.29 is 23.7 Å². The van der Waals surface area contributed by atoms with Gasteiger partial charge in [-0.15, -0.1) is 0 Å². The molecule has 2 heterocycles. The summed E-state index contributed by atoms with van der Waals surface area (Å²) in [5.41, 5.74) is 6.96. The summed E-state index contributed by atoms with van der Waals surface area (Å²) in [5, 5.41) is 1.31. The number of benzene rings is 5. The number of nitrogens with one attached hydrogen (secondary N) is 1. The molecule has 5 aromatic carbocycles. The third kappa shape index (κ3) is 10.7. The van der Waals surface area contributed by atoms with Crippen LogP contribution in [0.5, 0.6) is 0 Å². The Morgan fingerprint density at radius 2 is 0.980 bits per heavy atom. The molecule has 1 aliphatic heterocycles. The van der Waals surface area contributed by atoms with Crippen LogP contribution in [0.25, 0.3) is 10.9 Å². The number of hydrogen-bond donors (Lipinski definition) is 1. The summed E-state index contributed by atoms with van der Waals surface area (Å²) in [6, 6.07) is 51.3. The maximum absolute atomic E-state index is 6.65. The molecule has 0 amide bonds. The van der Waals surface area contributed by atoms with Crippen LogP contribution in [0.3, 0.4) is 0 Å². The molecule has 1 saturated heterocycles. The fourth-order valence-corrected chi connectivity index (χ4v) is 6.34. The number of para-hydroxylation sites is 1. The van der Waals surface area contributed by atoms with Crippen LogP contribution in [0, 0.1) is 0 Å². The van der Waals surface area contributed by atoms with Gasteiger partial charge < -0.3 is 28.7 Å². The van der Waals surface area contributed by atoms with Gasteiger partial charge in [0.1, 0.15) is 24.4 Å². The molecule has 1 fully saturated rings. The monoisotopic (exact) mass is 683 g/mol. The average Bonchev–Trinajstić information content (AvgIpc) is 3.62. The van der Waals surface area contributed by atoms with Crippen LogP contribution in [-0.4, -0.2) is 42.1 Å². The molecule has 5 atom stereocenters. The standard InChI is InChI=1S/C35H38O5.C10H11N/c1-27-33(37-23-29-16-8-3-9-17-29)35(39-25-31-20-12-5-13-21-31)34(38-24-30-18-10-4-11-19-30)32(40-27)26-36-22-28-14-6-2-7-15-28;1-2-9-7-8-5-3-4-6-10(8)11-9/h2-21,27,32-35H,22-26H2,1H3;3-7,11H,2H2,1H3/t27-,32+,33-,34+,35+;/m0./s1. The van der Waals surface area contributed by atoms with E-state index in [1.165, 1.54) is 16.6 Å². The first kappa shape index (κ1) is 36.2. The van der Waals surface area contributed by atoms with Crippen molar-refractivity contribution in [2.45, 2.75) is 77.2 Å².